The molecule has 3 heteroatoms. The van der Waals surface area contributed by atoms with Crippen LogP contribution in [0.4, 0.5) is 5.69 Å². The van der Waals surface area contributed by atoms with E-state index in [0.717, 1.165) is 5.69 Å². The van der Waals surface area contributed by atoms with Gasteiger partial charge in [-0.15, -0.1) is 0 Å². The summed E-state index contributed by atoms with van der Waals surface area (Å²) in [6.45, 7) is 2.55. The van der Waals surface area contributed by atoms with Crippen LogP contribution in [0.25, 0.3) is 0 Å². The first-order valence-corrected chi connectivity index (χ1v) is 4.97. The Balaban J connectivity index is 2.72. The molecular formula is C12H17N3. The minimum Gasteiger partial charge on any atom is -0.372 e. The molecule has 0 spiro atoms. The summed E-state index contributed by atoms with van der Waals surface area (Å²) in [5.74, 6) is 0. The van der Waals surface area contributed by atoms with Gasteiger partial charge in [-0.3, -0.25) is 0 Å². The van der Waals surface area contributed by atoms with Crippen molar-refractivity contribution in [3.05, 3.63) is 30.3 Å². The minimum atomic E-state index is -0.509. The van der Waals surface area contributed by atoms with E-state index in [4.69, 9.17) is 5.26 Å². The van der Waals surface area contributed by atoms with Gasteiger partial charge in [-0.1, -0.05) is 18.2 Å². The SMILES string of the molecule is CNC(C)(C#N)CN(C)c1ccccc1. The Bertz CT molecular complexity index is 342. The van der Waals surface area contributed by atoms with Gasteiger partial charge in [0.15, 0.2) is 0 Å². The van der Waals surface area contributed by atoms with Crippen molar-refractivity contribution in [1.82, 2.24) is 5.32 Å². The van der Waals surface area contributed by atoms with Crippen molar-refractivity contribution >= 4 is 5.69 Å². The maximum atomic E-state index is 9.04. The molecule has 15 heavy (non-hydrogen) atoms. The largest absolute Gasteiger partial charge is 0.372 e. The third-order valence-corrected chi connectivity index (χ3v) is 2.55. The third-order valence-electron chi connectivity index (χ3n) is 2.55. The Morgan fingerprint density at radius 1 is 1.40 bits per heavy atom. The fraction of sp³-hybridized carbons (Fsp3) is 0.417. The van der Waals surface area contributed by atoms with E-state index in [9.17, 15) is 0 Å². The van der Waals surface area contributed by atoms with E-state index < -0.39 is 5.54 Å². The summed E-state index contributed by atoms with van der Waals surface area (Å²) in [5, 5.41) is 12.1. The van der Waals surface area contributed by atoms with Gasteiger partial charge in [0.25, 0.3) is 0 Å². The van der Waals surface area contributed by atoms with E-state index in [1.165, 1.54) is 0 Å². The molecule has 0 radical (unpaired) electrons. The van der Waals surface area contributed by atoms with Crippen molar-refractivity contribution in [1.29, 1.82) is 5.26 Å². The number of nitriles is 1. The molecule has 3 nitrogen and oxygen atoms in total. The van der Waals surface area contributed by atoms with Crippen LogP contribution in [0.1, 0.15) is 6.92 Å². The number of anilines is 1. The molecule has 1 unspecified atom stereocenters. The highest BCUT2D eigenvalue weighted by Crippen LogP contribution is 2.14. The zero-order chi connectivity index (χ0) is 11.3. The zero-order valence-electron chi connectivity index (χ0n) is 9.49. The van der Waals surface area contributed by atoms with Gasteiger partial charge in [-0.2, -0.15) is 5.26 Å². The van der Waals surface area contributed by atoms with Gasteiger partial charge >= 0.3 is 0 Å². The van der Waals surface area contributed by atoms with Crippen molar-refractivity contribution in [3.8, 4) is 6.07 Å². The van der Waals surface area contributed by atoms with Gasteiger partial charge in [-0.05, 0) is 26.1 Å². The smallest absolute Gasteiger partial charge is 0.121 e. The van der Waals surface area contributed by atoms with Crippen LogP contribution in [0.3, 0.4) is 0 Å². The maximum Gasteiger partial charge on any atom is 0.121 e. The topological polar surface area (TPSA) is 39.1 Å². The van der Waals surface area contributed by atoms with Crippen LogP contribution in [-0.4, -0.2) is 26.2 Å². The van der Waals surface area contributed by atoms with Crippen LogP contribution < -0.4 is 10.2 Å². The van der Waals surface area contributed by atoms with Crippen molar-refractivity contribution < 1.29 is 0 Å². The Kier molecular flexibility index (Phi) is 3.70. The second-order valence-corrected chi connectivity index (χ2v) is 3.89. The van der Waals surface area contributed by atoms with Gasteiger partial charge in [-0.25, -0.2) is 0 Å². The van der Waals surface area contributed by atoms with E-state index in [1.807, 2.05) is 51.4 Å². The number of nitrogens with zero attached hydrogens (tertiary/aromatic N) is 2. The second-order valence-electron chi connectivity index (χ2n) is 3.89. The number of benzene rings is 1. The van der Waals surface area contributed by atoms with Gasteiger partial charge in [0.05, 0.1) is 6.07 Å². The molecule has 1 aromatic carbocycles. The Labute approximate surface area is 91.3 Å². The molecule has 0 fully saturated rings. The molecule has 0 aliphatic carbocycles. The highest BCUT2D eigenvalue weighted by Gasteiger charge is 2.23. The Hall–Kier alpha value is -1.53. The fourth-order valence-electron chi connectivity index (χ4n) is 1.42. The van der Waals surface area contributed by atoms with Crippen LogP contribution in [0.2, 0.25) is 0 Å². The third kappa shape index (κ3) is 2.97. The zero-order valence-corrected chi connectivity index (χ0v) is 9.49. The molecule has 0 heterocycles. The average Bonchev–Trinajstić information content (AvgIpc) is 2.30. The first-order chi connectivity index (χ1) is 7.11. The summed E-state index contributed by atoms with van der Waals surface area (Å²) < 4.78 is 0. The van der Waals surface area contributed by atoms with Crippen LogP contribution in [-0.2, 0) is 0 Å². The summed E-state index contributed by atoms with van der Waals surface area (Å²) in [6.07, 6.45) is 0. The molecule has 80 valence electrons. The van der Waals surface area contributed by atoms with Crippen LogP contribution in [0.15, 0.2) is 30.3 Å². The lowest BCUT2D eigenvalue weighted by Gasteiger charge is -2.28. The molecule has 0 saturated heterocycles. The van der Waals surface area contributed by atoms with Gasteiger partial charge in [0.2, 0.25) is 0 Å². The highest BCUT2D eigenvalue weighted by molar-refractivity contribution is 5.46. The molecule has 1 rings (SSSR count). The summed E-state index contributed by atoms with van der Waals surface area (Å²) >= 11 is 0. The maximum absolute atomic E-state index is 9.04. The monoisotopic (exact) mass is 203 g/mol. The van der Waals surface area contributed by atoms with E-state index in [2.05, 4.69) is 16.3 Å². The predicted molar refractivity (Wildman–Crippen MR) is 62.8 cm³/mol. The molecule has 0 aliphatic heterocycles. The van der Waals surface area contributed by atoms with E-state index >= 15 is 0 Å². The van der Waals surface area contributed by atoms with Crippen LogP contribution in [0.5, 0.6) is 0 Å². The standard InChI is InChI=1S/C12H17N3/c1-12(9-13,14-2)10-15(3)11-7-5-4-6-8-11/h4-8,14H,10H2,1-3H3. The Morgan fingerprint density at radius 2 is 2.00 bits per heavy atom. The number of hydrogen-bond acceptors (Lipinski definition) is 3. The summed E-state index contributed by atoms with van der Waals surface area (Å²) in [7, 11) is 3.80. The number of hydrogen-bond donors (Lipinski definition) is 1. The minimum absolute atomic E-state index is 0.509. The lowest BCUT2D eigenvalue weighted by Crippen LogP contribution is -2.47. The van der Waals surface area contributed by atoms with Crippen LogP contribution in [0, 0.1) is 11.3 Å². The number of rotatable bonds is 4. The normalized spacial score (nSPS) is 14.0. The van der Waals surface area contributed by atoms with Crippen molar-refractivity contribution in [2.75, 3.05) is 25.5 Å². The van der Waals surface area contributed by atoms with Crippen molar-refractivity contribution in [3.63, 3.8) is 0 Å². The molecule has 0 bridgehead atoms. The van der Waals surface area contributed by atoms with Gasteiger partial charge in [0.1, 0.15) is 5.54 Å². The average molecular weight is 203 g/mol. The molecule has 0 amide bonds. The van der Waals surface area contributed by atoms with Gasteiger partial charge < -0.3 is 10.2 Å². The summed E-state index contributed by atoms with van der Waals surface area (Å²) in [5.41, 5.74) is 0.610. The molecule has 1 aromatic rings. The highest BCUT2D eigenvalue weighted by atomic mass is 15.1. The van der Waals surface area contributed by atoms with Gasteiger partial charge in [0, 0.05) is 19.3 Å². The van der Waals surface area contributed by atoms with E-state index in [0.29, 0.717) is 6.54 Å². The fourth-order valence-corrected chi connectivity index (χ4v) is 1.42. The molecule has 0 aromatic heterocycles. The van der Waals surface area contributed by atoms with Crippen LogP contribution >= 0.6 is 0 Å². The molecular weight excluding hydrogens is 186 g/mol. The number of likely N-dealkylation sites (N-methyl/N-ethyl adjacent to an activating group) is 2. The number of nitrogens with one attached hydrogen (secondary N) is 1. The first kappa shape index (κ1) is 11.5. The predicted octanol–water partition coefficient (Wildman–Crippen LogP) is 1.62. The first-order valence-electron chi connectivity index (χ1n) is 4.97. The van der Waals surface area contributed by atoms with E-state index in [1.54, 1.807) is 0 Å². The molecule has 0 aliphatic rings. The summed E-state index contributed by atoms with van der Waals surface area (Å²) in [4.78, 5) is 2.07. The lowest BCUT2D eigenvalue weighted by molar-refractivity contribution is 0.492. The summed E-state index contributed by atoms with van der Waals surface area (Å²) in [6, 6.07) is 12.3. The van der Waals surface area contributed by atoms with E-state index in [-0.39, 0.29) is 0 Å². The lowest BCUT2D eigenvalue weighted by atomic mass is 10.0. The molecule has 1 N–H and O–H groups in total. The van der Waals surface area contributed by atoms with Crippen molar-refractivity contribution in [2.45, 2.75) is 12.5 Å². The molecule has 1 atom stereocenters. The quantitative estimate of drug-likeness (QED) is 0.808. The molecule has 0 saturated carbocycles. The van der Waals surface area contributed by atoms with Crippen molar-refractivity contribution in [2.24, 2.45) is 0 Å². The number of para-hydroxylation sites is 1. The Morgan fingerprint density at radius 3 is 2.47 bits per heavy atom. The second kappa shape index (κ2) is 4.81.